The fraction of sp³-hybridized carbons (Fsp3) is 0.417. The smallest absolute Gasteiger partial charge is 0.239 e. The number of nitrogens with zero attached hydrogens (tertiary/aromatic N) is 2. The Kier molecular flexibility index (Phi) is 5.98. The average molecular weight is 349 g/mol. The van der Waals surface area contributed by atoms with Crippen LogP contribution in [-0.4, -0.2) is 41.5 Å². The number of anilines is 1. The first-order valence-corrected chi connectivity index (χ1v) is 7.72. The van der Waals surface area contributed by atoms with Crippen molar-refractivity contribution >= 4 is 57.6 Å². The summed E-state index contributed by atoms with van der Waals surface area (Å²) in [6.45, 7) is 1.28. The molecule has 0 spiro atoms. The van der Waals surface area contributed by atoms with Crippen molar-refractivity contribution in [3.05, 3.63) is 16.1 Å². The number of carbonyl (C=O) groups excluding carboxylic acids is 1. The highest BCUT2D eigenvalue weighted by molar-refractivity contribution is 7.00. The van der Waals surface area contributed by atoms with Crippen LogP contribution in [0.25, 0.3) is 11.0 Å². The van der Waals surface area contributed by atoms with Gasteiger partial charge in [0.2, 0.25) is 5.91 Å². The van der Waals surface area contributed by atoms with Crippen LogP contribution in [0.3, 0.4) is 0 Å². The molecule has 0 aliphatic carbocycles. The number of aromatic nitrogens is 2. The highest BCUT2D eigenvalue weighted by atomic mass is 35.5. The third-order valence-electron chi connectivity index (χ3n) is 2.72. The third-order valence-corrected chi connectivity index (χ3v) is 3.83. The molecule has 2 N–H and O–H groups in total. The van der Waals surface area contributed by atoms with Gasteiger partial charge in [0, 0.05) is 20.3 Å². The number of carbonyl (C=O) groups is 1. The Morgan fingerprint density at radius 2 is 2.10 bits per heavy atom. The molecule has 0 aliphatic rings. The molecule has 0 unspecified atom stereocenters. The Morgan fingerprint density at radius 3 is 2.86 bits per heavy atom. The van der Waals surface area contributed by atoms with Gasteiger partial charge in [0.25, 0.3) is 0 Å². The first-order chi connectivity index (χ1) is 10.1. The van der Waals surface area contributed by atoms with Crippen molar-refractivity contribution in [1.82, 2.24) is 14.1 Å². The SMILES string of the molecule is COCCCNC(=O)CNc1c(Cl)cc(Cl)c2nsnc12. The number of fused-ring (bicyclic) bond motifs is 1. The van der Waals surface area contributed by atoms with Gasteiger partial charge in [-0.05, 0) is 12.5 Å². The molecule has 114 valence electrons. The molecule has 0 bridgehead atoms. The number of amides is 1. The molecule has 0 radical (unpaired) electrons. The number of ether oxygens (including phenoxy) is 1. The van der Waals surface area contributed by atoms with E-state index >= 15 is 0 Å². The Hall–Kier alpha value is -1.15. The standard InChI is InChI=1S/C12H14Cl2N4O2S/c1-20-4-2-3-15-9(19)6-16-10-7(13)5-8(14)11-12(10)18-21-17-11/h5,16H,2-4,6H2,1H3,(H,15,19). The maximum Gasteiger partial charge on any atom is 0.239 e. The van der Waals surface area contributed by atoms with E-state index in [0.717, 1.165) is 18.1 Å². The van der Waals surface area contributed by atoms with Crippen LogP contribution in [0.1, 0.15) is 6.42 Å². The molecule has 21 heavy (non-hydrogen) atoms. The Labute approximate surface area is 136 Å². The van der Waals surface area contributed by atoms with Gasteiger partial charge in [-0.15, -0.1) is 0 Å². The second-order valence-corrected chi connectivity index (χ2v) is 5.57. The Bertz CT molecular complexity index is 635. The zero-order valence-electron chi connectivity index (χ0n) is 11.3. The van der Waals surface area contributed by atoms with Crippen LogP contribution in [-0.2, 0) is 9.53 Å². The van der Waals surface area contributed by atoms with Crippen LogP contribution in [0.4, 0.5) is 5.69 Å². The number of halogens is 2. The van der Waals surface area contributed by atoms with E-state index in [2.05, 4.69) is 19.4 Å². The molecular formula is C12H14Cl2N4O2S. The predicted molar refractivity (Wildman–Crippen MR) is 85.4 cm³/mol. The molecule has 2 aromatic rings. The topological polar surface area (TPSA) is 76.1 Å². The summed E-state index contributed by atoms with van der Waals surface area (Å²) in [6.07, 6.45) is 0.768. The van der Waals surface area contributed by atoms with Crippen LogP contribution in [0.2, 0.25) is 10.0 Å². The van der Waals surface area contributed by atoms with Gasteiger partial charge >= 0.3 is 0 Å². The van der Waals surface area contributed by atoms with E-state index in [9.17, 15) is 4.79 Å². The normalized spacial score (nSPS) is 10.8. The number of hydrogen-bond acceptors (Lipinski definition) is 6. The maximum absolute atomic E-state index is 11.7. The lowest BCUT2D eigenvalue weighted by atomic mass is 10.2. The molecule has 0 saturated carbocycles. The van der Waals surface area contributed by atoms with Crippen molar-refractivity contribution in [3.63, 3.8) is 0 Å². The van der Waals surface area contributed by atoms with E-state index in [4.69, 9.17) is 27.9 Å². The predicted octanol–water partition coefficient (Wildman–Crippen LogP) is 2.56. The zero-order valence-corrected chi connectivity index (χ0v) is 13.6. The summed E-state index contributed by atoms with van der Waals surface area (Å²) < 4.78 is 13.2. The van der Waals surface area contributed by atoms with Crippen LogP contribution < -0.4 is 10.6 Å². The molecule has 0 atom stereocenters. The van der Waals surface area contributed by atoms with E-state index < -0.39 is 0 Å². The molecule has 1 amide bonds. The van der Waals surface area contributed by atoms with E-state index in [0.29, 0.717) is 39.9 Å². The first kappa shape index (κ1) is 16.2. The summed E-state index contributed by atoms with van der Waals surface area (Å²) in [4.78, 5) is 11.7. The van der Waals surface area contributed by atoms with Gasteiger partial charge < -0.3 is 15.4 Å². The van der Waals surface area contributed by atoms with Crippen molar-refractivity contribution in [2.45, 2.75) is 6.42 Å². The van der Waals surface area contributed by atoms with E-state index in [1.165, 1.54) is 0 Å². The number of methoxy groups -OCH3 is 1. The number of rotatable bonds is 7. The average Bonchev–Trinajstić information content (AvgIpc) is 2.93. The van der Waals surface area contributed by atoms with Gasteiger partial charge in [-0.25, -0.2) is 0 Å². The number of hydrogen-bond donors (Lipinski definition) is 2. The van der Waals surface area contributed by atoms with Crippen molar-refractivity contribution in [3.8, 4) is 0 Å². The lowest BCUT2D eigenvalue weighted by Crippen LogP contribution is -2.31. The largest absolute Gasteiger partial charge is 0.385 e. The van der Waals surface area contributed by atoms with Gasteiger partial charge in [0.15, 0.2) is 0 Å². The quantitative estimate of drug-likeness (QED) is 0.752. The van der Waals surface area contributed by atoms with E-state index in [-0.39, 0.29) is 12.5 Å². The third kappa shape index (κ3) is 4.16. The molecular weight excluding hydrogens is 335 g/mol. The molecule has 2 rings (SSSR count). The minimum atomic E-state index is -0.131. The minimum absolute atomic E-state index is 0.0982. The van der Waals surface area contributed by atoms with E-state index in [1.54, 1.807) is 13.2 Å². The molecule has 6 nitrogen and oxygen atoms in total. The first-order valence-electron chi connectivity index (χ1n) is 6.23. The second-order valence-electron chi connectivity index (χ2n) is 4.23. The van der Waals surface area contributed by atoms with Gasteiger partial charge in [0.1, 0.15) is 11.0 Å². The monoisotopic (exact) mass is 348 g/mol. The summed E-state index contributed by atoms with van der Waals surface area (Å²) in [7, 11) is 1.62. The summed E-state index contributed by atoms with van der Waals surface area (Å²) in [6, 6.07) is 1.59. The zero-order chi connectivity index (χ0) is 15.2. The maximum atomic E-state index is 11.7. The number of benzene rings is 1. The summed E-state index contributed by atoms with van der Waals surface area (Å²) in [5, 5.41) is 6.61. The van der Waals surface area contributed by atoms with Crippen LogP contribution in [0.5, 0.6) is 0 Å². The molecule has 1 aromatic carbocycles. The van der Waals surface area contributed by atoms with Gasteiger partial charge in [-0.1, -0.05) is 23.2 Å². The molecule has 1 aromatic heterocycles. The fourth-order valence-corrected chi connectivity index (χ4v) is 2.90. The molecule has 0 aliphatic heterocycles. The van der Waals surface area contributed by atoms with Gasteiger partial charge in [-0.3, -0.25) is 4.79 Å². The second kappa shape index (κ2) is 7.74. The lowest BCUT2D eigenvalue weighted by Gasteiger charge is -2.10. The van der Waals surface area contributed by atoms with Crippen LogP contribution >= 0.6 is 34.9 Å². The van der Waals surface area contributed by atoms with Crippen LogP contribution in [0.15, 0.2) is 6.07 Å². The highest BCUT2D eigenvalue weighted by Crippen LogP contribution is 2.34. The molecule has 0 fully saturated rings. The Balaban J connectivity index is 1.97. The van der Waals surface area contributed by atoms with Crippen LogP contribution in [0, 0.1) is 0 Å². The van der Waals surface area contributed by atoms with Gasteiger partial charge in [0.05, 0.1) is 34.0 Å². The van der Waals surface area contributed by atoms with Gasteiger partial charge in [-0.2, -0.15) is 8.75 Å². The summed E-state index contributed by atoms with van der Waals surface area (Å²) in [5.41, 5.74) is 1.72. The fourth-order valence-electron chi connectivity index (χ4n) is 1.72. The minimum Gasteiger partial charge on any atom is -0.385 e. The molecule has 9 heteroatoms. The van der Waals surface area contributed by atoms with E-state index in [1.807, 2.05) is 0 Å². The molecule has 0 saturated heterocycles. The van der Waals surface area contributed by atoms with Crippen molar-refractivity contribution in [2.75, 3.05) is 32.1 Å². The highest BCUT2D eigenvalue weighted by Gasteiger charge is 2.14. The van der Waals surface area contributed by atoms with Crippen molar-refractivity contribution in [1.29, 1.82) is 0 Å². The lowest BCUT2D eigenvalue weighted by molar-refractivity contribution is -0.119. The molecule has 1 heterocycles. The Morgan fingerprint density at radius 1 is 1.33 bits per heavy atom. The summed E-state index contributed by atoms with van der Waals surface area (Å²) in [5.74, 6) is -0.131. The summed E-state index contributed by atoms with van der Waals surface area (Å²) >= 11 is 13.2. The van der Waals surface area contributed by atoms with Crippen molar-refractivity contribution < 1.29 is 9.53 Å². The number of nitrogens with one attached hydrogen (secondary N) is 2. The van der Waals surface area contributed by atoms with Crippen molar-refractivity contribution in [2.24, 2.45) is 0 Å².